The van der Waals surface area contributed by atoms with Crippen LogP contribution in [0.25, 0.3) is 0 Å². The summed E-state index contributed by atoms with van der Waals surface area (Å²) < 4.78 is 2.09. The third-order valence-corrected chi connectivity index (χ3v) is 5.15. The highest BCUT2D eigenvalue weighted by atomic mass is 79.9. The van der Waals surface area contributed by atoms with Crippen molar-refractivity contribution in [2.45, 2.75) is 45.2 Å². The third-order valence-electron chi connectivity index (χ3n) is 3.97. The summed E-state index contributed by atoms with van der Waals surface area (Å²) in [6.07, 6.45) is 3.51. The normalized spacial score (nSPS) is 18.4. The maximum absolute atomic E-state index is 12.4. The van der Waals surface area contributed by atoms with Crippen LogP contribution in [0.2, 0.25) is 0 Å². The predicted molar refractivity (Wildman–Crippen MR) is 93.3 cm³/mol. The molecule has 2 rings (SSSR count). The molecule has 0 spiro atoms. The van der Waals surface area contributed by atoms with Crippen LogP contribution in [0.4, 0.5) is 0 Å². The second-order valence-electron chi connectivity index (χ2n) is 5.66. The van der Waals surface area contributed by atoms with Gasteiger partial charge < -0.3 is 4.90 Å². The number of nitrogens with zero attached hydrogens (tertiary/aromatic N) is 1. The van der Waals surface area contributed by atoms with Gasteiger partial charge in [-0.3, -0.25) is 10.1 Å². The molecule has 1 heterocycles. The number of hydrogen-bond acceptors (Lipinski definition) is 2. The van der Waals surface area contributed by atoms with Gasteiger partial charge in [-0.25, -0.2) is 0 Å². The highest BCUT2D eigenvalue weighted by Crippen LogP contribution is 2.27. The first kappa shape index (κ1) is 17.0. The van der Waals surface area contributed by atoms with E-state index in [9.17, 15) is 4.79 Å². The van der Waals surface area contributed by atoms with E-state index in [4.69, 9.17) is 0 Å². The summed E-state index contributed by atoms with van der Waals surface area (Å²) >= 11 is 7.05. The van der Waals surface area contributed by atoms with Gasteiger partial charge >= 0.3 is 0 Å². The predicted octanol–water partition coefficient (Wildman–Crippen LogP) is 4.26. The summed E-state index contributed by atoms with van der Waals surface area (Å²) in [5, 5.41) is 3.42. The molecule has 1 amide bonds. The fraction of sp³-hybridized carbons (Fsp3) is 0.562. The van der Waals surface area contributed by atoms with Crippen LogP contribution in [0, 0.1) is 0 Å². The molecular formula is C16H22Br2N2O. The number of amides is 1. The lowest BCUT2D eigenvalue weighted by atomic mass is 10.1. The largest absolute Gasteiger partial charge is 0.341 e. The first-order valence-electron chi connectivity index (χ1n) is 7.49. The molecule has 5 heteroatoms. The van der Waals surface area contributed by atoms with Gasteiger partial charge in [0.05, 0.1) is 6.04 Å². The molecule has 0 bridgehead atoms. The average Bonchev–Trinajstić information content (AvgIpc) is 2.47. The second kappa shape index (κ2) is 7.75. The molecule has 116 valence electrons. The van der Waals surface area contributed by atoms with Crippen molar-refractivity contribution in [3.05, 3.63) is 32.7 Å². The summed E-state index contributed by atoms with van der Waals surface area (Å²) in [5.41, 5.74) is 1.16. The molecule has 1 saturated heterocycles. The van der Waals surface area contributed by atoms with Gasteiger partial charge in [-0.2, -0.15) is 0 Å². The van der Waals surface area contributed by atoms with E-state index in [2.05, 4.69) is 50.2 Å². The Morgan fingerprint density at radius 2 is 1.86 bits per heavy atom. The standard InChI is InChI=1S/C16H22Br2N2O/c1-11(14-7-6-13(17)10-15(14)18)19-12(2)16(21)20-8-4-3-5-9-20/h6-7,10-12,19H,3-5,8-9H2,1-2H3. The SMILES string of the molecule is CC(NC(C)c1ccc(Br)cc1Br)C(=O)N1CCCCC1. The quantitative estimate of drug-likeness (QED) is 0.793. The molecule has 1 fully saturated rings. The molecule has 2 unspecified atom stereocenters. The molecule has 0 aliphatic carbocycles. The smallest absolute Gasteiger partial charge is 0.239 e. The van der Waals surface area contributed by atoms with E-state index in [-0.39, 0.29) is 18.0 Å². The lowest BCUT2D eigenvalue weighted by Gasteiger charge is -2.30. The highest BCUT2D eigenvalue weighted by Gasteiger charge is 2.23. The lowest BCUT2D eigenvalue weighted by Crippen LogP contribution is -2.47. The molecule has 0 radical (unpaired) electrons. The Morgan fingerprint density at radius 1 is 1.19 bits per heavy atom. The maximum atomic E-state index is 12.4. The molecular weight excluding hydrogens is 396 g/mol. The van der Waals surface area contributed by atoms with Crippen LogP contribution in [-0.2, 0) is 4.79 Å². The van der Waals surface area contributed by atoms with E-state index in [1.807, 2.05) is 24.0 Å². The molecule has 1 aromatic carbocycles. The molecule has 2 atom stereocenters. The number of hydrogen-bond donors (Lipinski definition) is 1. The van der Waals surface area contributed by atoms with Crippen molar-refractivity contribution in [2.75, 3.05) is 13.1 Å². The Labute approximate surface area is 143 Å². The van der Waals surface area contributed by atoms with Gasteiger partial charge in [0.1, 0.15) is 0 Å². The minimum Gasteiger partial charge on any atom is -0.341 e. The summed E-state index contributed by atoms with van der Waals surface area (Å²) in [6, 6.07) is 6.09. The summed E-state index contributed by atoms with van der Waals surface area (Å²) in [4.78, 5) is 14.4. The molecule has 3 nitrogen and oxygen atoms in total. The zero-order valence-electron chi connectivity index (χ0n) is 12.5. The summed E-state index contributed by atoms with van der Waals surface area (Å²) in [7, 11) is 0. The van der Waals surface area contributed by atoms with Crippen molar-refractivity contribution in [2.24, 2.45) is 0 Å². The molecule has 0 aromatic heterocycles. The average molecular weight is 418 g/mol. The van der Waals surface area contributed by atoms with Crippen LogP contribution in [-0.4, -0.2) is 29.9 Å². The van der Waals surface area contributed by atoms with Crippen molar-refractivity contribution in [1.29, 1.82) is 0 Å². The van der Waals surface area contributed by atoms with E-state index in [1.54, 1.807) is 0 Å². The Hall–Kier alpha value is -0.390. The van der Waals surface area contributed by atoms with E-state index in [0.717, 1.165) is 40.4 Å². The summed E-state index contributed by atoms with van der Waals surface area (Å²) in [6.45, 7) is 5.86. The van der Waals surface area contributed by atoms with E-state index < -0.39 is 0 Å². The lowest BCUT2D eigenvalue weighted by molar-refractivity contribution is -0.134. The van der Waals surface area contributed by atoms with Gasteiger partial charge in [0.15, 0.2) is 0 Å². The maximum Gasteiger partial charge on any atom is 0.239 e. The van der Waals surface area contributed by atoms with Crippen LogP contribution in [0.3, 0.4) is 0 Å². The third kappa shape index (κ3) is 4.54. The summed E-state index contributed by atoms with van der Waals surface area (Å²) in [5.74, 6) is 0.217. The van der Waals surface area contributed by atoms with Gasteiger partial charge in [-0.15, -0.1) is 0 Å². The zero-order chi connectivity index (χ0) is 15.4. The van der Waals surface area contributed by atoms with Crippen LogP contribution in [0.1, 0.15) is 44.7 Å². The number of nitrogens with one attached hydrogen (secondary N) is 1. The van der Waals surface area contributed by atoms with Crippen molar-refractivity contribution in [1.82, 2.24) is 10.2 Å². The van der Waals surface area contributed by atoms with E-state index in [1.165, 1.54) is 6.42 Å². The molecule has 0 saturated carbocycles. The van der Waals surface area contributed by atoms with Crippen molar-refractivity contribution in [3.63, 3.8) is 0 Å². The minimum absolute atomic E-state index is 0.121. The van der Waals surface area contributed by atoms with Crippen LogP contribution in [0.5, 0.6) is 0 Å². The number of carbonyl (C=O) groups is 1. The van der Waals surface area contributed by atoms with Gasteiger partial charge in [0, 0.05) is 28.1 Å². The van der Waals surface area contributed by atoms with E-state index >= 15 is 0 Å². The fourth-order valence-corrected chi connectivity index (χ4v) is 4.17. The van der Waals surface area contributed by atoms with Gasteiger partial charge in [0.2, 0.25) is 5.91 Å². The van der Waals surface area contributed by atoms with Crippen LogP contribution in [0.15, 0.2) is 27.1 Å². The molecule has 21 heavy (non-hydrogen) atoms. The molecule has 1 aliphatic rings. The Bertz CT molecular complexity index is 501. The Balaban J connectivity index is 1.97. The topological polar surface area (TPSA) is 32.3 Å². The van der Waals surface area contributed by atoms with Crippen molar-refractivity contribution in [3.8, 4) is 0 Å². The van der Waals surface area contributed by atoms with Crippen LogP contribution >= 0.6 is 31.9 Å². The van der Waals surface area contributed by atoms with Gasteiger partial charge in [-0.05, 0) is 50.8 Å². The zero-order valence-corrected chi connectivity index (χ0v) is 15.7. The highest BCUT2D eigenvalue weighted by molar-refractivity contribution is 9.11. The van der Waals surface area contributed by atoms with Gasteiger partial charge in [-0.1, -0.05) is 37.9 Å². The Kier molecular flexibility index (Phi) is 6.26. The minimum atomic E-state index is -0.159. The fourth-order valence-electron chi connectivity index (χ4n) is 2.78. The Morgan fingerprint density at radius 3 is 2.48 bits per heavy atom. The van der Waals surface area contributed by atoms with Crippen molar-refractivity contribution >= 4 is 37.8 Å². The number of benzene rings is 1. The molecule has 1 aliphatic heterocycles. The van der Waals surface area contributed by atoms with Crippen molar-refractivity contribution < 1.29 is 4.79 Å². The molecule has 1 aromatic rings. The molecule has 1 N–H and O–H groups in total. The first-order valence-corrected chi connectivity index (χ1v) is 9.07. The van der Waals surface area contributed by atoms with E-state index in [0.29, 0.717) is 0 Å². The number of carbonyl (C=O) groups excluding carboxylic acids is 1. The number of likely N-dealkylation sites (tertiary alicyclic amines) is 1. The number of rotatable bonds is 4. The number of halogens is 2. The van der Waals surface area contributed by atoms with Crippen LogP contribution < -0.4 is 5.32 Å². The monoisotopic (exact) mass is 416 g/mol. The second-order valence-corrected chi connectivity index (χ2v) is 7.43. The first-order chi connectivity index (χ1) is 9.99. The number of piperidine rings is 1. The van der Waals surface area contributed by atoms with Gasteiger partial charge in [0.25, 0.3) is 0 Å².